The third kappa shape index (κ3) is 1.45. The predicted molar refractivity (Wildman–Crippen MR) is 46.0 cm³/mol. The fourth-order valence-corrected chi connectivity index (χ4v) is 1.37. The highest BCUT2D eigenvalue weighted by Gasteiger charge is 2.16. The third-order valence-electron chi connectivity index (χ3n) is 2.00. The number of Topliss-reactive ketones (excluding diaryl/α,β-unsaturated/α-hetero) is 1. The average Bonchev–Trinajstić information content (AvgIpc) is 2.16. The average molecular weight is 176 g/mol. The Morgan fingerprint density at radius 1 is 1.38 bits per heavy atom. The Bertz CT molecular complexity index is 368. The van der Waals surface area contributed by atoms with Crippen LogP contribution in [0.3, 0.4) is 0 Å². The minimum atomic E-state index is 0.0514. The summed E-state index contributed by atoms with van der Waals surface area (Å²) in [6.45, 7) is 0.146. The van der Waals surface area contributed by atoms with Gasteiger partial charge in [-0.15, -0.1) is 0 Å². The Kier molecular flexibility index (Phi) is 1.85. The number of hydrogen-bond donors (Lipinski definition) is 0. The molecule has 1 aromatic carbocycles. The van der Waals surface area contributed by atoms with E-state index in [2.05, 4.69) is 0 Å². The van der Waals surface area contributed by atoms with E-state index in [1.54, 1.807) is 18.2 Å². The van der Waals surface area contributed by atoms with E-state index in [9.17, 15) is 9.59 Å². The van der Waals surface area contributed by atoms with Crippen LogP contribution in [0.5, 0.6) is 5.75 Å². The molecule has 0 aromatic heterocycles. The number of rotatable bonds is 1. The number of ketones is 1. The highest BCUT2D eigenvalue weighted by atomic mass is 16.5. The van der Waals surface area contributed by atoms with Crippen molar-refractivity contribution in [2.24, 2.45) is 0 Å². The van der Waals surface area contributed by atoms with Gasteiger partial charge in [-0.1, -0.05) is 0 Å². The standard InChI is InChI=1S/C10H8O3/c11-5-7-1-2-10-8(3-7)4-9(12)6-13-10/h1-3,5H,4,6H2. The van der Waals surface area contributed by atoms with Crippen LogP contribution in [0, 0.1) is 0 Å². The minimum absolute atomic E-state index is 0.0514. The number of ether oxygens (including phenoxy) is 1. The van der Waals surface area contributed by atoms with E-state index < -0.39 is 0 Å². The molecule has 0 atom stereocenters. The Morgan fingerprint density at radius 3 is 3.00 bits per heavy atom. The van der Waals surface area contributed by atoms with Crippen molar-refractivity contribution in [1.29, 1.82) is 0 Å². The summed E-state index contributed by atoms with van der Waals surface area (Å²) in [5, 5.41) is 0. The second-order valence-corrected chi connectivity index (χ2v) is 2.99. The normalized spacial score (nSPS) is 14.6. The molecule has 0 fully saturated rings. The lowest BCUT2D eigenvalue weighted by molar-refractivity contribution is -0.121. The maximum absolute atomic E-state index is 11.0. The van der Waals surface area contributed by atoms with E-state index in [-0.39, 0.29) is 12.4 Å². The number of benzene rings is 1. The van der Waals surface area contributed by atoms with Gasteiger partial charge in [0.25, 0.3) is 0 Å². The van der Waals surface area contributed by atoms with Crippen molar-refractivity contribution >= 4 is 12.1 Å². The van der Waals surface area contributed by atoms with Gasteiger partial charge in [-0.25, -0.2) is 0 Å². The van der Waals surface area contributed by atoms with E-state index in [1.165, 1.54) is 0 Å². The van der Waals surface area contributed by atoms with Gasteiger partial charge in [-0.2, -0.15) is 0 Å². The van der Waals surface area contributed by atoms with Gasteiger partial charge in [-0.3, -0.25) is 9.59 Å². The van der Waals surface area contributed by atoms with E-state index >= 15 is 0 Å². The molecule has 0 radical (unpaired) electrons. The van der Waals surface area contributed by atoms with Crippen molar-refractivity contribution in [3.63, 3.8) is 0 Å². The highest BCUT2D eigenvalue weighted by Crippen LogP contribution is 2.23. The zero-order valence-corrected chi connectivity index (χ0v) is 6.95. The Labute approximate surface area is 75.3 Å². The van der Waals surface area contributed by atoms with Crippen LogP contribution in [-0.2, 0) is 11.2 Å². The van der Waals surface area contributed by atoms with Crippen LogP contribution in [0.15, 0.2) is 18.2 Å². The topological polar surface area (TPSA) is 43.4 Å². The SMILES string of the molecule is O=Cc1ccc2c(c1)CC(=O)CO2. The van der Waals surface area contributed by atoms with Crippen LogP contribution < -0.4 is 4.74 Å². The molecular formula is C10H8O3. The fourth-order valence-electron chi connectivity index (χ4n) is 1.37. The first-order valence-corrected chi connectivity index (χ1v) is 4.02. The zero-order chi connectivity index (χ0) is 9.26. The van der Waals surface area contributed by atoms with Gasteiger partial charge >= 0.3 is 0 Å². The van der Waals surface area contributed by atoms with Gasteiger partial charge in [0.05, 0.1) is 0 Å². The second kappa shape index (κ2) is 3.01. The number of hydrogen-bond acceptors (Lipinski definition) is 3. The van der Waals surface area contributed by atoms with Gasteiger partial charge in [0.2, 0.25) is 0 Å². The molecule has 0 saturated carbocycles. The molecule has 0 bridgehead atoms. The summed E-state index contributed by atoms with van der Waals surface area (Å²) in [7, 11) is 0. The first kappa shape index (κ1) is 7.98. The van der Waals surface area contributed by atoms with Gasteiger partial charge in [-0.05, 0) is 18.2 Å². The number of carbonyl (C=O) groups excluding carboxylic acids is 2. The largest absolute Gasteiger partial charge is 0.486 e. The van der Waals surface area contributed by atoms with E-state index in [0.29, 0.717) is 17.7 Å². The summed E-state index contributed by atoms with van der Waals surface area (Å²) >= 11 is 0. The number of aldehydes is 1. The van der Waals surface area contributed by atoms with Gasteiger partial charge < -0.3 is 4.74 Å². The molecule has 1 aromatic rings. The summed E-state index contributed by atoms with van der Waals surface area (Å²) in [6, 6.07) is 5.10. The van der Waals surface area contributed by atoms with E-state index in [0.717, 1.165) is 11.8 Å². The molecule has 0 N–H and O–H groups in total. The summed E-state index contributed by atoms with van der Waals surface area (Å²) in [5.41, 5.74) is 1.39. The Hall–Kier alpha value is -1.64. The number of fused-ring (bicyclic) bond motifs is 1. The zero-order valence-electron chi connectivity index (χ0n) is 6.95. The molecule has 0 unspecified atom stereocenters. The third-order valence-corrected chi connectivity index (χ3v) is 2.00. The predicted octanol–water partition coefficient (Wildman–Crippen LogP) is 1.00. The maximum atomic E-state index is 11.0. The van der Waals surface area contributed by atoms with Crippen LogP contribution in [0.2, 0.25) is 0 Å². The molecule has 2 rings (SSSR count). The molecule has 1 aliphatic heterocycles. The first-order chi connectivity index (χ1) is 6.29. The van der Waals surface area contributed by atoms with Gasteiger partial charge in [0.15, 0.2) is 5.78 Å². The van der Waals surface area contributed by atoms with Crippen molar-refractivity contribution in [3.8, 4) is 5.75 Å². The summed E-state index contributed by atoms with van der Waals surface area (Å²) in [4.78, 5) is 21.5. The summed E-state index contributed by atoms with van der Waals surface area (Å²) in [6.07, 6.45) is 1.14. The Morgan fingerprint density at radius 2 is 2.23 bits per heavy atom. The van der Waals surface area contributed by atoms with Crippen molar-refractivity contribution < 1.29 is 14.3 Å². The smallest absolute Gasteiger partial charge is 0.174 e. The van der Waals surface area contributed by atoms with E-state index in [4.69, 9.17) is 4.74 Å². The monoisotopic (exact) mass is 176 g/mol. The second-order valence-electron chi connectivity index (χ2n) is 2.99. The van der Waals surface area contributed by atoms with Gasteiger partial charge in [0.1, 0.15) is 18.6 Å². The van der Waals surface area contributed by atoms with Crippen molar-refractivity contribution in [2.75, 3.05) is 6.61 Å². The summed E-state index contributed by atoms with van der Waals surface area (Å²) in [5.74, 6) is 0.765. The maximum Gasteiger partial charge on any atom is 0.174 e. The van der Waals surface area contributed by atoms with Crippen LogP contribution >= 0.6 is 0 Å². The first-order valence-electron chi connectivity index (χ1n) is 4.02. The molecule has 1 aliphatic rings. The molecule has 66 valence electrons. The minimum Gasteiger partial charge on any atom is -0.486 e. The fraction of sp³-hybridized carbons (Fsp3) is 0.200. The van der Waals surface area contributed by atoms with Crippen molar-refractivity contribution in [1.82, 2.24) is 0 Å². The quantitative estimate of drug-likeness (QED) is 0.599. The van der Waals surface area contributed by atoms with Crippen LogP contribution in [0.25, 0.3) is 0 Å². The van der Waals surface area contributed by atoms with Gasteiger partial charge in [0, 0.05) is 17.5 Å². The molecule has 0 spiro atoms. The molecule has 0 aliphatic carbocycles. The van der Waals surface area contributed by atoms with E-state index in [1.807, 2.05) is 0 Å². The lowest BCUT2D eigenvalue weighted by Gasteiger charge is -2.15. The highest BCUT2D eigenvalue weighted by molar-refractivity contribution is 5.85. The van der Waals surface area contributed by atoms with Crippen molar-refractivity contribution in [2.45, 2.75) is 6.42 Å². The molecular weight excluding hydrogens is 168 g/mol. The van der Waals surface area contributed by atoms with Crippen LogP contribution in [-0.4, -0.2) is 18.7 Å². The summed E-state index contributed by atoms with van der Waals surface area (Å²) < 4.78 is 5.17. The van der Waals surface area contributed by atoms with Crippen molar-refractivity contribution in [3.05, 3.63) is 29.3 Å². The molecule has 0 amide bonds. The molecule has 0 saturated heterocycles. The van der Waals surface area contributed by atoms with Crippen LogP contribution in [0.1, 0.15) is 15.9 Å². The molecule has 1 heterocycles. The number of carbonyl (C=O) groups is 2. The lowest BCUT2D eigenvalue weighted by Crippen LogP contribution is -2.20. The molecule has 13 heavy (non-hydrogen) atoms. The van der Waals surface area contributed by atoms with Crippen LogP contribution in [0.4, 0.5) is 0 Å². The molecule has 3 heteroatoms. The Balaban J connectivity index is 2.43. The lowest BCUT2D eigenvalue weighted by atomic mass is 10.0. The molecule has 3 nitrogen and oxygen atoms in total.